The number of methoxy groups -OCH3 is 1. The molecule has 6 nitrogen and oxygen atoms in total. The Morgan fingerprint density at radius 3 is 3.15 bits per heavy atom. The van der Waals surface area contributed by atoms with Crippen LogP contribution in [0, 0.1) is 0 Å². The molecular formula is C14H27N5O. The molecule has 1 aromatic rings. The summed E-state index contributed by atoms with van der Waals surface area (Å²) in [5.41, 5.74) is 0. The highest BCUT2D eigenvalue weighted by Crippen LogP contribution is 2.09. The third kappa shape index (κ3) is 4.54. The molecule has 0 aromatic carbocycles. The van der Waals surface area contributed by atoms with E-state index >= 15 is 0 Å². The van der Waals surface area contributed by atoms with Crippen molar-refractivity contribution in [2.75, 3.05) is 33.4 Å². The van der Waals surface area contributed by atoms with E-state index in [4.69, 9.17) is 4.74 Å². The van der Waals surface area contributed by atoms with Crippen molar-refractivity contribution in [3.63, 3.8) is 0 Å². The first-order valence-corrected chi connectivity index (χ1v) is 7.64. The van der Waals surface area contributed by atoms with Crippen molar-refractivity contribution in [1.82, 2.24) is 25.0 Å². The molecule has 1 aliphatic rings. The minimum atomic E-state index is 0.606. The van der Waals surface area contributed by atoms with Crippen LogP contribution in [0.3, 0.4) is 0 Å². The summed E-state index contributed by atoms with van der Waals surface area (Å²) in [7, 11) is 1.76. The van der Waals surface area contributed by atoms with E-state index in [2.05, 4.69) is 27.2 Å². The van der Waals surface area contributed by atoms with Crippen molar-refractivity contribution in [3.05, 3.63) is 12.2 Å². The number of hydrogen-bond donors (Lipinski definition) is 1. The molecule has 6 heteroatoms. The van der Waals surface area contributed by atoms with Gasteiger partial charge >= 0.3 is 0 Å². The molecule has 1 fully saturated rings. The summed E-state index contributed by atoms with van der Waals surface area (Å²) in [6.45, 7) is 7.85. The monoisotopic (exact) mass is 281 g/mol. The minimum Gasteiger partial charge on any atom is -0.383 e. The highest BCUT2D eigenvalue weighted by Gasteiger charge is 2.19. The van der Waals surface area contributed by atoms with Crippen LogP contribution in [-0.2, 0) is 17.8 Å². The fourth-order valence-corrected chi connectivity index (χ4v) is 2.69. The molecule has 1 atom stereocenters. The Hall–Kier alpha value is -0.980. The van der Waals surface area contributed by atoms with Gasteiger partial charge in [0.25, 0.3) is 0 Å². The molecule has 1 N–H and O–H groups in total. The second-order valence-corrected chi connectivity index (χ2v) is 5.42. The predicted octanol–water partition coefficient (Wildman–Crippen LogP) is 0.889. The molecule has 0 amide bonds. The third-order valence-corrected chi connectivity index (χ3v) is 3.75. The van der Waals surface area contributed by atoms with E-state index in [1.807, 2.05) is 4.68 Å². The lowest BCUT2D eigenvalue weighted by atomic mass is 10.2. The molecule has 1 unspecified atom stereocenters. The Balaban J connectivity index is 1.92. The Labute approximate surface area is 121 Å². The van der Waals surface area contributed by atoms with Gasteiger partial charge in [-0.1, -0.05) is 6.92 Å². The summed E-state index contributed by atoms with van der Waals surface area (Å²) < 4.78 is 7.24. The Kier molecular flexibility index (Phi) is 6.42. The standard InChI is InChI=1S/C14H27N5O/c1-3-7-19-14(16-12-17-19)11-18(8-9-20-2)10-13-5-4-6-15-13/h12-13,15H,3-11H2,1-2H3. The van der Waals surface area contributed by atoms with Crippen LogP contribution in [-0.4, -0.2) is 59.1 Å². The van der Waals surface area contributed by atoms with Gasteiger partial charge in [0, 0.05) is 32.8 Å². The number of hydrogen-bond acceptors (Lipinski definition) is 5. The zero-order valence-electron chi connectivity index (χ0n) is 12.7. The van der Waals surface area contributed by atoms with Crippen LogP contribution in [0.4, 0.5) is 0 Å². The van der Waals surface area contributed by atoms with Gasteiger partial charge in [-0.3, -0.25) is 4.90 Å². The van der Waals surface area contributed by atoms with Crippen molar-refractivity contribution in [2.45, 2.75) is 45.3 Å². The molecule has 0 radical (unpaired) electrons. The SMILES string of the molecule is CCCn1ncnc1CN(CCOC)CC1CCCN1. The van der Waals surface area contributed by atoms with Gasteiger partial charge in [-0.2, -0.15) is 5.10 Å². The zero-order chi connectivity index (χ0) is 14.2. The number of rotatable bonds is 9. The number of nitrogens with one attached hydrogen (secondary N) is 1. The molecule has 1 aromatic heterocycles. The minimum absolute atomic E-state index is 0.606. The van der Waals surface area contributed by atoms with E-state index in [0.29, 0.717) is 6.04 Å². The van der Waals surface area contributed by atoms with Gasteiger partial charge in [0.2, 0.25) is 0 Å². The second-order valence-electron chi connectivity index (χ2n) is 5.42. The van der Waals surface area contributed by atoms with Crippen LogP contribution >= 0.6 is 0 Å². The summed E-state index contributed by atoms with van der Waals surface area (Å²) in [5, 5.41) is 7.86. The highest BCUT2D eigenvalue weighted by atomic mass is 16.5. The van der Waals surface area contributed by atoms with Gasteiger partial charge in [0.15, 0.2) is 0 Å². The van der Waals surface area contributed by atoms with E-state index in [9.17, 15) is 0 Å². The molecule has 2 heterocycles. The van der Waals surface area contributed by atoms with Crippen LogP contribution in [0.5, 0.6) is 0 Å². The number of aryl methyl sites for hydroxylation is 1. The first-order chi connectivity index (χ1) is 9.83. The molecule has 1 aliphatic heterocycles. The fourth-order valence-electron chi connectivity index (χ4n) is 2.69. The van der Waals surface area contributed by atoms with Crippen LogP contribution in [0.1, 0.15) is 32.0 Å². The maximum absolute atomic E-state index is 5.23. The maximum atomic E-state index is 5.23. The highest BCUT2D eigenvalue weighted by molar-refractivity contribution is 4.87. The van der Waals surface area contributed by atoms with Crippen LogP contribution in [0.15, 0.2) is 6.33 Å². The predicted molar refractivity (Wildman–Crippen MR) is 78.5 cm³/mol. The summed E-state index contributed by atoms with van der Waals surface area (Å²) in [6, 6.07) is 0.606. The van der Waals surface area contributed by atoms with Gasteiger partial charge in [-0.25, -0.2) is 9.67 Å². The van der Waals surface area contributed by atoms with Crippen molar-refractivity contribution < 1.29 is 4.74 Å². The summed E-state index contributed by atoms with van der Waals surface area (Å²) >= 11 is 0. The average Bonchev–Trinajstić information content (AvgIpc) is 3.09. The van der Waals surface area contributed by atoms with Crippen molar-refractivity contribution in [1.29, 1.82) is 0 Å². The fraction of sp³-hybridized carbons (Fsp3) is 0.857. The molecule has 0 aliphatic carbocycles. The molecule has 2 rings (SSSR count). The van der Waals surface area contributed by atoms with Gasteiger partial charge in [-0.05, 0) is 25.8 Å². The second kappa shape index (κ2) is 8.34. The lowest BCUT2D eigenvalue weighted by Gasteiger charge is -2.25. The average molecular weight is 281 g/mol. The maximum Gasteiger partial charge on any atom is 0.141 e. The third-order valence-electron chi connectivity index (χ3n) is 3.75. The van der Waals surface area contributed by atoms with Gasteiger partial charge in [0.1, 0.15) is 12.2 Å². The topological polar surface area (TPSA) is 55.2 Å². The molecule has 114 valence electrons. The van der Waals surface area contributed by atoms with Crippen molar-refractivity contribution in [2.24, 2.45) is 0 Å². The zero-order valence-corrected chi connectivity index (χ0v) is 12.7. The van der Waals surface area contributed by atoms with Crippen molar-refractivity contribution in [3.8, 4) is 0 Å². The molecule has 1 saturated heterocycles. The number of ether oxygens (including phenoxy) is 1. The molecule has 20 heavy (non-hydrogen) atoms. The van der Waals surface area contributed by atoms with Crippen LogP contribution in [0.2, 0.25) is 0 Å². The Morgan fingerprint density at radius 2 is 2.45 bits per heavy atom. The lowest BCUT2D eigenvalue weighted by molar-refractivity contribution is 0.135. The molecule has 0 spiro atoms. The van der Waals surface area contributed by atoms with E-state index in [-0.39, 0.29) is 0 Å². The van der Waals surface area contributed by atoms with Gasteiger partial charge < -0.3 is 10.1 Å². The molecule has 0 saturated carbocycles. The van der Waals surface area contributed by atoms with Crippen LogP contribution in [0.25, 0.3) is 0 Å². The summed E-state index contributed by atoms with van der Waals surface area (Å²) in [6.07, 6.45) is 5.30. The summed E-state index contributed by atoms with van der Waals surface area (Å²) in [5.74, 6) is 1.06. The quantitative estimate of drug-likeness (QED) is 0.728. The summed E-state index contributed by atoms with van der Waals surface area (Å²) in [4.78, 5) is 6.83. The number of aromatic nitrogens is 3. The normalized spacial score (nSPS) is 19.1. The Bertz CT molecular complexity index is 375. The Morgan fingerprint density at radius 1 is 1.55 bits per heavy atom. The van der Waals surface area contributed by atoms with E-state index in [1.54, 1.807) is 13.4 Å². The van der Waals surface area contributed by atoms with E-state index in [1.165, 1.54) is 12.8 Å². The molecular weight excluding hydrogens is 254 g/mol. The van der Waals surface area contributed by atoms with E-state index < -0.39 is 0 Å². The number of nitrogens with zero attached hydrogens (tertiary/aromatic N) is 4. The van der Waals surface area contributed by atoms with Gasteiger partial charge in [-0.15, -0.1) is 0 Å². The first-order valence-electron chi connectivity index (χ1n) is 7.64. The van der Waals surface area contributed by atoms with Crippen LogP contribution < -0.4 is 5.32 Å². The largest absolute Gasteiger partial charge is 0.383 e. The molecule has 0 bridgehead atoms. The van der Waals surface area contributed by atoms with Crippen molar-refractivity contribution >= 4 is 0 Å². The smallest absolute Gasteiger partial charge is 0.141 e. The first kappa shape index (κ1) is 15.4. The van der Waals surface area contributed by atoms with Gasteiger partial charge in [0.05, 0.1) is 13.2 Å². The van der Waals surface area contributed by atoms with E-state index in [0.717, 1.165) is 51.6 Å². The lowest BCUT2D eigenvalue weighted by Crippen LogP contribution is -2.39.